The fourth-order valence-electron chi connectivity index (χ4n) is 4.33. The van der Waals surface area contributed by atoms with Crippen LogP contribution < -0.4 is 10.9 Å². The first-order valence-electron chi connectivity index (χ1n) is 10.9. The molecule has 0 aliphatic rings. The van der Waals surface area contributed by atoms with Gasteiger partial charge >= 0.3 is 0 Å². The molecule has 1 N–H and O–H groups in total. The monoisotopic (exact) mass is 428 g/mol. The van der Waals surface area contributed by atoms with Crippen molar-refractivity contribution >= 4 is 16.7 Å². The summed E-state index contributed by atoms with van der Waals surface area (Å²) in [4.78, 5) is 26.3. The minimum Gasteiger partial charge on any atom is -0.354 e. The van der Waals surface area contributed by atoms with Gasteiger partial charge in [-0.15, -0.1) is 0 Å². The summed E-state index contributed by atoms with van der Waals surface area (Å²) in [5.41, 5.74) is 3.35. The van der Waals surface area contributed by atoms with Gasteiger partial charge in [0.25, 0.3) is 5.56 Å². The summed E-state index contributed by atoms with van der Waals surface area (Å²) in [7, 11) is 0. The molecular formula is C26H28N4O2. The molecule has 6 heteroatoms. The van der Waals surface area contributed by atoms with E-state index in [4.69, 9.17) is 0 Å². The first-order valence-corrected chi connectivity index (χ1v) is 10.9. The first-order chi connectivity index (χ1) is 15.4. The van der Waals surface area contributed by atoms with Crippen LogP contribution >= 0.6 is 0 Å². The van der Waals surface area contributed by atoms with E-state index in [1.54, 1.807) is 6.20 Å². The van der Waals surface area contributed by atoms with Crippen molar-refractivity contribution in [1.29, 1.82) is 0 Å². The third-order valence-corrected chi connectivity index (χ3v) is 6.17. The molecule has 0 unspecified atom stereocenters. The van der Waals surface area contributed by atoms with Gasteiger partial charge in [0.1, 0.15) is 6.04 Å². The van der Waals surface area contributed by atoms with Gasteiger partial charge < -0.3 is 9.88 Å². The van der Waals surface area contributed by atoms with Crippen LogP contribution in [0.15, 0.2) is 71.7 Å². The van der Waals surface area contributed by atoms with E-state index < -0.39 is 6.04 Å². The largest absolute Gasteiger partial charge is 0.354 e. The second-order valence-electron chi connectivity index (χ2n) is 8.26. The van der Waals surface area contributed by atoms with Gasteiger partial charge in [-0.3, -0.25) is 9.59 Å². The summed E-state index contributed by atoms with van der Waals surface area (Å²) in [6.45, 7) is 8.33. The number of hydrogen-bond acceptors (Lipinski definition) is 3. The quantitative estimate of drug-likeness (QED) is 0.498. The van der Waals surface area contributed by atoms with Crippen molar-refractivity contribution in [2.75, 3.05) is 6.54 Å². The molecule has 1 amide bonds. The second-order valence-corrected chi connectivity index (χ2v) is 8.26. The smallest absolute Gasteiger partial charge is 0.281 e. The summed E-state index contributed by atoms with van der Waals surface area (Å²) in [5, 5.41) is 8.82. The SMILES string of the molecule is Cc1c2cnn(-c3ccccc3)c(=O)c2c(C)n1[C@@H](C)C(=O)NC[C@H](C)c1ccccc1. The standard InChI is InChI=1S/C26H28N4O2/c1-17(21-11-7-5-8-12-21)15-27-25(31)20(4)29-18(2)23-16-28-30(22-13-9-6-10-14-22)26(32)24(23)19(29)3/h5-14,16-17,20H,15H2,1-4H3,(H,27,31)/t17-,20-/m0/s1. The van der Waals surface area contributed by atoms with Crippen LogP contribution in [-0.4, -0.2) is 26.8 Å². The Kier molecular flexibility index (Phi) is 5.95. The lowest BCUT2D eigenvalue weighted by molar-refractivity contribution is -0.124. The van der Waals surface area contributed by atoms with Crippen molar-refractivity contribution in [3.05, 3.63) is 94.2 Å². The number of carbonyl (C=O) groups excluding carboxylic acids is 1. The maximum absolute atomic E-state index is 13.3. The minimum absolute atomic E-state index is 0.0735. The van der Waals surface area contributed by atoms with Crippen molar-refractivity contribution in [1.82, 2.24) is 19.7 Å². The third kappa shape index (κ3) is 3.84. The zero-order valence-electron chi connectivity index (χ0n) is 18.9. The molecule has 6 nitrogen and oxygen atoms in total. The van der Waals surface area contributed by atoms with Crippen molar-refractivity contribution in [2.24, 2.45) is 0 Å². The van der Waals surface area contributed by atoms with E-state index in [9.17, 15) is 9.59 Å². The van der Waals surface area contributed by atoms with Crippen LogP contribution in [-0.2, 0) is 4.79 Å². The lowest BCUT2D eigenvalue weighted by Crippen LogP contribution is -2.34. The lowest BCUT2D eigenvalue weighted by Gasteiger charge is -2.20. The van der Waals surface area contributed by atoms with E-state index in [0.717, 1.165) is 16.8 Å². The second kappa shape index (κ2) is 8.83. The Balaban J connectivity index is 1.63. The van der Waals surface area contributed by atoms with Crippen LogP contribution in [0.25, 0.3) is 16.5 Å². The maximum atomic E-state index is 13.3. The Labute approximate surface area is 187 Å². The molecule has 32 heavy (non-hydrogen) atoms. The van der Waals surface area contributed by atoms with Gasteiger partial charge in [-0.05, 0) is 44.4 Å². The summed E-state index contributed by atoms with van der Waals surface area (Å²) >= 11 is 0. The Hall–Kier alpha value is -3.67. The van der Waals surface area contributed by atoms with Crippen molar-refractivity contribution in [2.45, 2.75) is 39.7 Å². The molecule has 0 saturated carbocycles. The van der Waals surface area contributed by atoms with Crippen LogP contribution in [0.1, 0.15) is 42.8 Å². The molecule has 0 spiro atoms. The number of hydrogen-bond donors (Lipinski definition) is 1. The molecule has 2 aromatic heterocycles. The normalized spacial score (nSPS) is 13.1. The Morgan fingerprint density at radius 2 is 1.59 bits per heavy atom. The van der Waals surface area contributed by atoms with Crippen LogP contribution in [0.4, 0.5) is 0 Å². The fraction of sp³-hybridized carbons (Fsp3) is 0.269. The molecule has 164 valence electrons. The van der Waals surface area contributed by atoms with Crippen LogP contribution in [0.5, 0.6) is 0 Å². The van der Waals surface area contributed by atoms with Crippen LogP contribution in [0.2, 0.25) is 0 Å². The Bertz CT molecular complexity index is 1310. The summed E-state index contributed by atoms with van der Waals surface area (Å²) in [6.07, 6.45) is 1.71. The summed E-state index contributed by atoms with van der Waals surface area (Å²) in [6, 6.07) is 19.0. The third-order valence-electron chi connectivity index (χ3n) is 6.17. The zero-order chi connectivity index (χ0) is 22.8. The molecule has 0 fully saturated rings. The topological polar surface area (TPSA) is 68.9 Å². The van der Waals surface area contributed by atoms with Gasteiger partial charge in [-0.25, -0.2) is 0 Å². The van der Waals surface area contributed by atoms with Gasteiger partial charge in [0.15, 0.2) is 0 Å². The van der Waals surface area contributed by atoms with Gasteiger partial charge in [-0.1, -0.05) is 55.5 Å². The molecule has 0 aliphatic heterocycles. The predicted molar refractivity (Wildman–Crippen MR) is 127 cm³/mol. The summed E-state index contributed by atoms with van der Waals surface area (Å²) < 4.78 is 3.34. The molecule has 0 aliphatic carbocycles. The van der Waals surface area contributed by atoms with E-state index in [1.807, 2.05) is 73.9 Å². The van der Waals surface area contributed by atoms with E-state index >= 15 is 0 Å². The number of nitrogens with one attached hydrogen (secondary N) is 1. The minimum atomic E-state index is -0.449. The number of carbonyl (C=O) groups is 1. The van der Waals surface area contributed by atoms with Crippen LogP contribution in [0, 0.1) is 13.8 Å². The maximum Gasteiger partial charge on any atom is 0.281 e. The number of aromatic nitrogens is 3. The molecule has 0 saturated heterocycles. The number of benzene rings is 2. The van der Waals surface area contributed by atoms with Gasteiger partial charge in [0.2, 0.25) is 5.91 Å². The van der Waals surface area contributed by atoms with Gasteiger partial charge in [0, 0.05) is 23.3 Å². The van der Waals surface area contributed by atoms with Crippen LogP contribution in [0.3, 0.4) is 0 Å². The number of aryl methyl sites for hydroxylation is 2. The predicted octanol–water partition coefficient (Wildman–Crippen LogP) is 4.28. The molecule has 2 heterocycles. The molecule has 4 rings (SSSR count). The summed E-state index contributed by atoms with van der Waals surface area (Å²) in [5.74, 6) is 0.135. The highest BCUT2D eigenvalue weighted by Gasteiger charge is 2.24. The highest BCUT2D eigenvalue weighted by atomic mass is 16.2. The first kappa shape index (κ1) is 21.6. The van der Waals surface area contributed by atoms with Crippen molar-refractivity contribution in [3.8, 4) is 5.69 Å². The van der Waals surface area contributed by atoms with Crippen molar-refractivity contribution in [3.63, 3.8) is 0 Å². The Morgan fingerprint density at radius 3 is 2.25 bits per heavy atom. The highest BCUT2D eigenvalue weighted by molar-refractivity contribution is 5.89. The molecule has 0 radical (unpaired) electrons. The molecule has 0 bridgehead atoms. The fourth-order valence-corrected chi connectivity index (χ4v) is 4.33. The van der Waals surface area contributed by atoms with E-state index in [-0.39, 0.29) is 17.4 Å². The van der Waals surface area contributed by atoms with Crippen molar-refractivity contribution < 1.29 is 4.79 Å². The number of amides is 1. The lowest BCUT2D eigenvalue weighted by atomic mass is 10.0. The average molecular weight is 429 g/mol. The number of fused-ring (bicyclic) bond motifs is 1. The zero-order valence-corrected chi connectivity index (χ0v) is 18.9. The van der Waals surface area contributed by atoms with Gasteiger partial charge in [0.05, 0.1) is 17.3 Å². The van der Waals surface area contributed by atoms with E-state index in [0.29, 0.717) is 17.6 Å². The number of para-hydroxylation sites is 1. The molecule has 2 aromatic carbocycles. The molecule has 4 aromatic rings. The number of rotatable bonds is 6. The van der Waals surface area contributed by atoms with Gasteiger partial charge in [-0.2, -0.15) is 9.78 Å². The molecular weight excluding hydrogens is 400 g/mol. The highest BCUT2D eigenvalue weighted by Crippen LogP contribution is 2.26. The molecule has 2 atom stereocenters. The Morgan fingerprint density at radius 1 is 0.969 bits per heavy atom. The number of nitrogens with zero attached hydrogens (tertiary/aromatic N) is 3. The average Bonchev–Trinajstić information content (AvgIpc) is 3.08. The van der Waals surface area contributed by atoms with E-state index in [1.165, 1.54) is 10.2 Å². The van der Waals surface area contributed by atoms with E-state index in [2.05, 4.69) is 29.5 Å².